The Balaban J connectivity index is 2.26. The van der Waals surface area contributed by atoms with E-state index in [4.69, 9.17) is 0 Å². The maximum Gasteiger partial charge on any atom is 0.0320 e. The van der Waals surface area contributed by atoms with Crippen molar-refractivity contribution in [2.75, 3.05) is 6.54 Å². The summed E-state index contributed by atoms with van der Waals surface area (Å²) in [6, 6.07) is 9.63. The summed E-state index contributed by atoms with van der Waals surface area (Å²) >= 11 is 0. The van der Waals surface area contributed by atoms with Crippen molar-refractivity contribution in [1.29, 1.82) is 0 Å². The minimum absolute atomic E-state index is 0.259. The molecule has 0 aliphatic carbocycles. The second kappa shape index (κ2) is 3.97. The zero-order chi connectivity index (χ0) is 10.9. The molecule has 2 rings (SSSR count). The van der Waals surface area contributed by atoms with Crippen molar-refractivity contribution in [2.24, 2.45) is 0 Å². The quantitative estimate of drug-likeness (QED) is 0.737. The highest BCUT2D eigenvalue weighted by atomic mass is 14.9. The molecule has 1 aromatic carbocycles. The van der Waals surface area contributed by atoms with E-state index in [-0.39, 0.29) is 5.41 Å². The Morgan fingerprint density at radius 3 is 2.67 bits per heavy atom. The van der Waals surface area contributed by atoms with Crippen molar-refractivity contribution >= 4 is 0 Å². The summed E-state index contributed by atoms with van der Waals surface area (Å²) in [7, 11) is 0. The predicted molar refractivity (Wildman–Crippen MR) is 65.1 cm³/mol. The van der Waals surface area contributed by atoms with Crippen molar-refractivity contribution < 1.29 is 0 Å². The van der Waals surface area contributed by atoms with Gasteiger partial charge in [0.15, 0.2) is 0 Å². The Morgan fingerprint density at radius 2 is 2.07 bits per heavy atom. The van der Waals surface area contributed by atoms with Gasteiger partial charge in [-0.05, 0) is 35.9 Å². The number of rotatable bonds is 1. The topological polar surface area (TPSA) is 12.0 Å². The van der Waals surface area contributed by atoms with Gasteiger partial charge in [0.25, 0.3) is 0 Å². The Morgan fingerprint density at radius 1 is 1.27 bits per heavy atom. The first-order chi connectivity index (χ1) is 7.07. The van der Waals surface area contributed by atoms with Crippen LogP contribution in [0.15, 0.2) is 24.3 Å². The molecule has 0 bridgehead atoms. The smallest absolute Gasteiger partial charge is 0.0320 e. The van der Waals surface area contributed by atoms with Crippen LogP contribution in [-0.4, -0.2) is 6.54 Å². The predicted octanol–water partition coefficient (Wildman–Crippen LogP) is 3.41. The third kappa shape index (κ3) is 2.40. The van der Waals surface area contributed by atoms with Crippen LogP contribution in [-0.2, 0) is 5.41 Å². The van der Waals surface area contributed by atoms with E-state index in [1.807, 2.05) is 0 Å². The van der Waals surface area contributed by atoms with Gasteiger partial charge in [0, 0.05) is 6.04 Å². The zero-order valence-electron chi connectivity index (χ0n) is 10.0. The minimum atomic E-state index is 0.259. The highest BCUT2D eigenvalue weighted by Gasteiger charge is 2.19. The van der Waals surface area contributed by atoms with Gasteiger partial charge in [0.2, 0.25) is 0 Å². The van der Waals surface area contributed by atoms with Gasteiger partial charge in [-0.2, -0.15) is 0 Å². The molecule has 1 atom stereocenters. The van der Waals surface area contributed by atoms with Crippen LogP contribution in [0.3, 0.4) is 0 Å². The fourth-order valence-corrected chi connectivity index (χ4v) is 2.19. The van der Waals surface area contributed by atoms with E-state index < -0.39 is 0 Å². The van der Waals surface area contributed by atoms with Crippen molar-refractivity contribution in [3.8, 4) is 0 Å². The highest BCUT2D eigenvalue weighted by molar-refractivity contribution is 5.30. The Hall–Kier alpha value is -0.820. The summed E-state index contributed by atoms with van der Waals surface area (Å²) in [5.74, 6) is 0. The largest absolute Gasteiger partial charge is 0.310 e. The van der Waals surface area contributed by atoms with Gasteiger partial charge in [-0.1, -0.05) is 45.0 Å². The number of hydrogen-bond donors (Lipinski definition) is 1. The van der Waals surface area contributed by atoms with Crippen LogP contribution in [0.25, 0.3) is 0 Å². The van der Waals surface area contributed by atoms with Crippen molar-refractivity contribution in [1.82, 2.24) is 5.32 Å². The van der Waals surface area contributed by atoms with E-state index >= 15 is 0 Å². The van der Waals surface area contributed by atoms with E-state index in [9.17, 15) is 0 Å². The molecule has 15 heavy (non-hydrogen) atoms. The third-order valence-corrected chi connectivity index (χ3v) is 3.22. The first-order valence-electron chi connectivity index (χ1n) is 5.91. The van der Waals surface area contributed by atoms with Crippen LogP contribution < -0.4 is 5.32 Å². The molecule has 82 valence electrons. The molecule has 1 aliphatic rings. The van der Waals surface area contributed by atoms with E-state index in [0.717, 1.165) is 0 Å². The van der Waals surface area contributed by atoms with Crippen molar-refractivity contribution in [2.45, 2.75) is 45.1 Å². The summed E-state index contributed by atoms with van der Waals surface area (Å²) in [6.07, 6.45) is 2.60. The number of hydrogen-bond acceptors (Lipinski definition) is 1. The van der Waals surface area contributed by atoms with Gasteiger partial charge < -0.3 is 5.32 Å². The lowest BCUT2D eigenvalue weighted by Gasteiger charge is -2.21. The Bertz CT molecular complexity index is 329. The van der Waals surface area contributed by atoms with Crippen molar-refractivity contribution in [3.05, 3.63) is 35.4 Å². The van der Waals surface area contributed by atoms with Crippen LogP contribution in [0.4, 0.5) is 0 Å². The van der Waals surface area contributed by atoms with Crippen LogP contribution in [0.1, 0.15) is 50.8 Å². The molecule has 1 aromatic rings. The molecule has 1 aliphatic heterocycles. The van der Waals surface area contributed by atoms with Gasteiger partial charge >= 0.3 is 0 Å². The number of nitrogens with one attached hydrogen (secondary N) is 1. The van der Waals surface area contributed by atoms with Crippen LogP contribution in [0.2, 0.25) is 0 Å². The standard InChI is InChI=1S/C14H21N/c1-14(2,3)12-7-4-6-11(10-12)13-8-5-9-15-13/h4,6-7,10,13,15H,5,8-9H2,1-3H3/t13-/m1/s1. The first-order valence-corrected chi connectivity index (χ1v) is 5.91. The molecule has 0 unspecified atom stereocenters. The second-order valence-corrected chi connectivity index (χ2v) is 5.52. The molecular formula is C14H21N. The van der Waals surface area contributed by atoms with Gasteiger partial charge in [0.1, 0.15) is 0 Å². The maximum absolute atomic E-state index is 3.55. The lowest BCUT2D eigenvalue weighted by atomic mass is 9.85. The average Bonchev–Trinajstić information content (AvgIpc) is 2.69. The molecule has 0 aromatic heterocycles. The van der Waals surface area contributed by atoms with Crippen molar-refractivity contribution in [3.63, 3.8) is 0 Å². The maximum atomic E-state index is 3.55. The van der Waals surface area contributed by atoms with Crippen LogP contribution in [0.5, 0.6) is 0 Å². The fraction of sp³-hybridized carbons (Fsp3) is 0.571. The first kappa shape index (κ1) is 10.7. The number of benzene rings is 1. The van der Waals surface area contributed by atoms with Gasteiger partial charge in [-0.25, -0.2) is 0 Å². The normalized spacial score (nSPS) is 21.9. The summed E-state index contributed by atoms with van der Waals surface area (Å²) in [5.41, 5.74) is 3.16. The lowest BCUT2D eigenvalue weighted by Crippen LogP contribution is -2.15. The molecule has 0 spiro atoms. The van der Waals surface area contributed by atoms with E-state index in [0.29, 0.717) is 6.04 Å². The van der Waals surface area contributed by atoms with Gasteiger partial charge in [-0.15, -0.1) is 0 Å². The second-order valence-electron chi connectivity index (χ2n) is 5.52. The zero-order valence-corrected chi connectivity index (χ0v) is 10.0. The molecule has 1 N–H and O–H groups in total. The van der Waals surface area contributed by atoms with Gasteiger partial charge in [-0.3, -0.25) is 0 Å². The fourth-order valence-electron chi connectivity index (χ4n) is 2.19. The van der Waals surface area contributed by atoms with E-state index in [1.165, 1.54) is 30.5 Å². The molecule has 0 saturated carbocycles. The summed E-state index contributed by atoms with van der Waals surface area (Å²) in [6.45, 7) is 7.99. The third-order valence-electron chi connectivity index (χ3n) is 3.22. The average molecular weight is 203 g/mol. The van der Waals surface area contributed by atoms with Gasteiger partial charge in [0.05, 0.1) is 0 Å². The monoisotopic (exact) mass is 203 g/mol. The molecule has 1 nitrogen and oxygen atoms in total. The molecule has 1 saturated heterocycles. The van der Waals surface area contributed by atoms with Crippen LogP contribution >= 0.6 is 0 Å². The highest BCUT2D eigenvalue weighted by Crippen LogP contribution is 2.28. The molecule has 1 fully saturated rings. The van der Waals surface area contributed by atoms with E-state index in [1.54, 1.807) is 0 Å². The molecular weight excluding hydrogens is 182 g/mol. The molecule has 1 heterocycles. The molecule has 0 amide bonds. The SMILES string of the molecule is CC(C)(C)c1cccc([C@H]2CCCN2)c1. The summed E-state index contributed by atoms with van der Waals surface area (Å²) in [5, 5.41) is 3.55. The molecule has 1 heteroatoms. The minimum Gasteiger partial charge on any atom is -0.310 e. The van der Waals surface area contributed by atoms with E-state index in [2.05, 4.69) is 50.4 Å². The lowest BCUT2D eigenvalue weighted by molar-refractivity contribution is 0.584. The summed E-state index contributed by atoms with van der Waals surface area (Å²) < 4.78 is 0. The molecule has 0 radical (unpaired) electrons. The Kier molecular flexibility index (Phi) is 2.83. The Labute approximate surface area is 92.9 Å². The summed E-state index contributed by atoms with van der Waals surface area (Å²) in [4.78, 5) is 0. The van der Waals surface area contributed by atoms with Crippen LogP contribution in [0, 0.1) is 0 Å².